The molecule has 1 nitrogen and oxygen atoms in total. The van der Waals surface area contributed by atoms with Crippen LogP contribution in [0, 0.1) is 17.5 Å². The van der Waals surface area contributed by atoms with Crippen LogP contribution in [-0.2, 0) is 6.42 Å². The van der Waals surface area contributed by atoms with Gasteiger partial charge in [0.2, 0.25) is 0 Å². The summed E-state index contributed by atoms with van der Waals surface area (Å²) in [5.41, 5.74) is 6.99. The van der Waals surface area contributed by atoms with Crippen LogP contribution in [0.5, 0.6) is 0 Å². The second kappa shape index (κ2) is 5.23. The molecule has 0 aliphatic carbocycles. The fourth-order valence-corrected chi connectivity index (χ4v) is 1.77. The summed E-state index contributed by atoms with van der Waals surface area (Å²) in [7, 11) is 0. The average molecular weight is 251 g/mol. The fourth-order valence-electron chi connectivity index (χ4n) is 1.77. The van der Waals surface area contributed by atoms with E-state index in [-0.39, 0.29) is 5.56 Å². The van der Waals surface area contributed by atoms with Crippen molar-refractivity contribution >= 4 is 0 Å². The molecule has 0 bridgehead atoms. The van der Waals surface area contributed by atoms with Crippen molar-refractivity contribution in [1.82, 2.24) is 0 Å². The van der Waals surface area contributed by atoms with E-state index >= 15 is 0 Å². The maximum atomic E-state index is 13.6. The lowest BCUT2D eigenvalue weighted by atomic mass is 10.0. The van der Waals surface area contributed by atoms with Gasteiger partial charge in [0.05, 0.1) is 0 Å². The number of benzene rings is 2. The fraction of sp³-hybridized carbons (Fsp3) is 0.143. The topological polar surface area (TPSA) is 26.0 Å². The largest absolute Gasteiger partial charge is 0.330 e. The molecule has 0 fully saturated rings. The molecule has 2 rings (SSSR count). The Kier molecular flexibility index (Phi) is 3.67. The molecule has 0 aliphatic rings. The maximum Gasteiger partial charge on any atom is 0.195 e. The van der Waals surface area contributed by atoms with E-state index in [0.29, 0.717) is 12.1 Å². The van der Waals surface area contributed by atoms with Crippen LogP contribution >= 0.6 is 0 Å². The molecule has 0 radical (unpaired) electrons. The molecule has 94 valence electrons. The van der Waals surface area contributed by atoms with E-state index in [1.165, 1.54) is 6.07 Å². The molecule has 4 heteroatoms. The van der Waals surface area contributed by atoms with Crippen molar-refractivity contribution in [2.75, 3.05) is 6.54 Å². The molecule has 0 heterocycles. The van der Waals surface area contributed by atoms with E-state index in [9.17, 15) is 13.2 Å². The standard InChI is InChI=1S/C14H12F3N/c15-12-6-5-11(13(16)14(12)17)10-3-1-9(2-4-10)7-8-18/h1-6H,7-8,18H2. The summed E-state index contributed by atoms with van der Waals surface area (Å²) in [6.07, 6.45) is 0.723. The summed E-state index contributed by atoms with van der Waals surface area (Å²) in [6, 6.07) is 9.07. The molecule has 2 aromatic rings. The van der Waals surface area contributed by atoms with Gasteiger partial charge in [0, 0.05) is 5.56 Å². The second-order valence-corrected chi connectivity index (χ2v) is 3.96. The summed E-state index contributed by atoms with van der Waals surface area (Å²) in [5, 5.41) is 0. The zero-order valence-corrected chi connectivity index (χ0v) is 9.59. The Bertz CT molecular complexity index is 550. The molecule has 0 atom stereocenters. The Hall–Kier alpha value is -1.81. The van der Waals surface area contributed by atoms with Crippen molar-refractivity contribution in [3.63, 3.8) is 0 Å². The van der Waals surface area contributed by atoms with Crippen molar-refractivity contribution in [2.24, 2.45) is 5.73 Å². The van der Waals surface area contributed by atoms with Gasteiger partial charge in [0.15, 0.2) is 17.5 Å². The minimum absolute atomic E-state index is 0.0493. The zero-order valence-electron chi connectivity index (χ0n) is 9.59. The van der Waals surface area contributed by atoms with Crippen molar-refractivity contribution < 1.29 is 13.2 Å². The van der Waals surface area contributed by atoms with Crippen molar-refractivity contribution in [1.29, 1.82) is 0 Å². The SMILES string of the molecule is NCCc1ccc(-c2ccc(F)c(F)c2F)cc1. The maximum absolute atomic E-state index is 13.6. The second-order valence-electron chi connectivity index (χ2n) is 3.96. The molecule has 0 aliphatic heterocycles. The van der Waals surface area contributed by atoms with Gasteiger partial charge in [-0.25, -0.2) is 13.2 Å². The molecular formula is C14H12F3N. The predicted octanol–water partition coefficient (Wildman–Crippen LogP) is 3.27. The smallest absolute Gasteiger partial charge is 0.195 e. The third kappa shape index (κ3) is 2.38. The Morgan fingerprint density at radius 3 is 2.11 bits per heavy atom. The first-order valence-corrected chi connectivity index (χ1v) is 5.56. The van der Waals surface area contributed by atoms with Gasteiger partial charge in [-0.3, -0.25) is 0 Å². The molecule has 18 heavy (non-hydrogen) atoms. The molecule has 0 unspecified atom stereocenters. The van der Waals surface area contributed by atoms with Crippen molar-refractivity contribution in [3.05, 3.63) is 59.4 Å². The predicted molar refractivity (Wildman–Crippen MR) is 64.5 cm³/mol. The summed E-state index contributed by atoms with van der Waals surface area (Å²) < 4.78 is 39.5. The first kappa shape index (κ1) is 12.6. The van der Waals surface area contributed by atoms with Gasteiger partial charge in [0.1, 0.15) is 0 Å². The van der Waals surface area contributed by atoms with Crippen LogP contribution in [0.15, 0.2) is 36.4 Å². The van der Waals surface area contributed by atoms with Crippen molar-refractivity contribution in [3.8, 4) is 11.1 Å². The molecule has 2 aromatic carbocycles. The van der Waals surface area contributed by atoms with Gasteiger partial charge >= 0.3 is 0 Å². The van der Waals surface area contributed by atoms with E-state index in [1.54, 1.807) is 24.3 Å². The molecule has 0 amide bonds. The van der Waals surface area contributed by atoms with E-state index in [4.69, 9.17) is 5.73 Å². The van der Waals surface area contributed by atoms with Crippen LogP contribution in [0.25, 0.3) is 11.1 Å². The monoisotopic (exact) mass is 251 g/mol. The van der Waals surface area contributed by atoms with Crippen LogP contribution in [0.4, 0.5) is 13.2 Å². The molecule has 0 aromatic heterocycles. The van der Waals surface area contributed by atoms with Crippen LogP contribution < -0.4 is 5.73 Å². The van der Waals surface area contributed by atoms with Crippen LogP contribution in [-0.4, -0.2) is 6.54 Å². The highest BCUT2D eigenvalue weighted by molar-refractivity contribution is 5.64. The number of nitrogens with two attached hydrogens (primary N) is 1. The third-order valence-corrected chi connectivity index (χ3v) is 2.73. The lowest BCUT2D eigenvalue weighted by Gasteiger charge is -2.06. The highest BCUT2D eigenvalue weighted by atomic mass is 19.2. The normalized spacial score (nSPS) is 10.7. The number of rotatable bonds is 3. The van der Waals surface area contributed by atoms with Crippen LogP contribution in [0.1, 0.15) is 5.56 Å². The van der Waals surface area contributed by atoms with Gasteiger partial charge in [0.25, 0.3) is 0 Å². The quantitative estimate of drug-likeness (QED) is 0.832. The van der Waals surface area contributed by atoms with Gasteiger partial charge in [-0.1, -0.05) is 24.3 Å². The highest BCUT2D eigenvalue weighted by Crippen LogP contribution is 2.26. The van der Waals surface area contributed by atoms with E-state index < -0.39 is 17.5 Å². The van der Waals surface area contributed by atoms with Crippen molar-refractivity contribution in [2.45, 2.75) is 6.42 Å². The Labute approximate surface area is 103 Å². The molecule has 0 saturated heterocycles. The lowest BCUT2D eigenvalue weighted by Crippen LogP contribution is -2.02. The first-order chi connectivity index (χ1) is 8.63. The number of halogens is 3. The summed E-state index contributed by atoms with van der Waals surface area (Å²) in [4.78, 5) is 0. The van der Waals surface area contributed by atoms with E-state index in [0.717, 1.165) is 18.1 Å². The van der Waals surface area contributed by atoms with E-state index in [2.05, 4.69) is 0 Å². The summed E-state index contributed by atoms with van der Waals surface area (Å²) in [6.45, 7) is 0.527. The zero-order chi connectivity index (χ0) is 13.1. The Morgan fingerprint density at radius 1 is 0.833 bits per heavy atom. The highest BCUT2D eigenvalue weighted by Gasteiger charge is 2.14. The molecule has 2 N–H and O–H groups in total. The van der Waals surface area contributed by atoms with Gasteiger partial charge < -0.3 is 5.73 Å². The third-order valence-electron chi connectivity index (χ3n) is 2.73. The molecular weight excluding hydrogens is 239 g/mol. The first-order valence-electron chi connectivity index (χ1n) is 5.56. The van der Waals surface area contributed by atoms with Gasteiger partial charge in [-0.05, 0) is 36.2 Å². The minimum Gasteiger partial charge on any atom is -0.330 e. The number of hydrogen-bond donors (Lipinski definition) is 1. The molecule has 0 spiro atoms. The average Bonchev–Trinajstić information content (AvgIpc) is 2.38. The van der Waals surface area contributed by atoms with Gasteiger partial charge in [-0.15, -0.1) is 0 Å². The van der Waals surface area contributed by atoms with E-state index in [1.807, 2.05) is 0 Å². The number of hydrogen-bond acceptors (Lipinski definition) is 1. The van der Waals surface area contributed by atoms with Crippen LogP contribution in [0.2, 0.25) is 0 Å². The minimum atomic E-state index is -1.45. The van der Waals surface area contributed by atoms with Crippen LogP contribution in [0.3, 0.4) is 0 Å². The van der Waals surface area contributed by atoms with Gasteiger partial charge in [-0.2, -0.15) is 0 Å². The summed E-state index contributed by atoms with van der Waals surface area (Å²) in [5.74, 6) is -3.80. The summed E-state index contributed by atoms with van der Waals surface area (Å²) >= 11 is 0. The Morgan fingerprint density at radius 2 is 1.50 bits per heavy atom. The lowest BCUT2D eigenvalue weighted by molar-refractivity contribution is 0.449. The Balaban J connectivity index is 2.40. The molecule has 0 saturated carbocycles.